The smallest absolute Gasteiger partial charge is 0.302 e. The third-order valence-corrected chi connectivity index (χ3v) is 4.74. The van der Waals surface area contributed by atoms with Crippen molar-refractivity contribution < 1.29 is 0 Å². The van der Waals surface area contributed by atoms with Crippen LogP contribution in [0.25, 0.3) is 11.0 Å². The van der Waals surface area contributed by atoms with Crippen molar-refractivity contribution in [2.45, 2.75) is 32.4 Å². The Morgan fingerprint density at radius 3 is 2.35 bits per heavy atom. The van der Waals surface area contributed by atoms with Gasteiger partial charge in [-0.1, -0.05) is 30.7 Å². The lowest BCUT2D eigenvalue weighted by Crippen LogP contribution is -2.35. The van der Waals surface area contributed by atoms with E-state index in [0.717, 1.165) is 37.2 Å². The lowest BCUT2D eigenvalue weighted by atomic mass is 10.1. The van der Waals surface area contributed by atoms with Crippen molar-refractivity contribution in [2.24, 2.45) is 0 Å². The monoisotopic (exact) mass is 333 g/mol. The average Bonchev–Trinajstić information content (AvgIpc) is 2.86. The SMILES string of the molecule is O=c1n(CC=CCCl)c2ccccc2n1CCN1CCCCC1. The van der Waals surface area contributed by atoms with Gasteiger partial charge in [-0.15, -0.1) is 11.6 Å². The molecule has 0 amide bonds. The molecule has 1 aliphatic rings. The summed E-state index contributed by atoms with van der Waals surface area (Å²) in [6, 6.07) is 8.04. The molecular formula is C18H24ClN3O. The van der Waals surface area contributed by atoms with Crippen LogP contribution in [0.15, 0.2) is 41.2 Å². The number of aromatic nitrogens is 2. The van der Waals surface area contributed by atoms with E-state index in [4.69, 9.17) is 11.6 Å². The Bertz CT molecular complexity index is 725. The number of hydrogen-bond donors (Lipinski definition) is 0. The second-order valence-corrected chi connectivity index (χ2v) is 6.37. The van der Waals surface area contributed by atoms with Crippen molar-refractivity contribution in [3.63, 3.8) is 0 Å². The number of alkyl halides is 1. The van der Waals surface area contributed by atoms with Crippen LogP contribution >= 0.6 is 11.6 Å². The van der Waals surface area contributed by atoms with Crippen LogP contribution in [0.3, 0.4) is 0 Å². The first kappa shape index (κ1) is 16.3. The molecule has 0 radical (unpaired) electrons. The van der Waals surface area contributed by atoms with E-state index in [0.29, 0.717) is 12.4 Å². The highest BCUT2D eigenvalue weighted by atomic mass is 35.5. The number of halogens is 1. The van der Waals surface area contributed by atoms with Crippen LogP contribution in [0.2, 0.25) is 0 Å². The molecule has 23 heavy (non-hydrogen) atoms. The summed E-state index contributed by atoms with van der Waals surface area (Å²) in [6.45, 7) is 4.59. The molecule has 1 aromatic heterocycles. The van der Waals surface area contributed by atoms with Crippen molar-refractivity contribution in [3.05, 3.63) is 46.9 Å². The van der Waals surface area contributed by atoms with Crippen LogP contribution in [0.4, 0.5) is 0 Å². The van der Waals surface area contributed by atoms with Gasteiger partial charge in [-0.25, -0.2) is 4.79 Å². The summed E-state index contributed by atoms with van der Waals surface area (Å²) in [4.78, 5) is 15.3. The Morgan fingerprint density at radius 1 is 0.957 bits per heavy atom. The summed E-state index contributed by atoms with van der Waals surface area (Å²) in [5.74, 6) is 0.475. The first-order valence-corrected chi connectivity index (χ1v) is 8.96. The van der Waals surface area contributed by atoms with E-state index in [9.17, 15) is 4.79 Å². The summed E-state index contributed by atoms with van der Waals surface area (Å²) in [5.41, 5.74) is 2.09. The van der Waals surface area contributed by atoms with E-state index in [1.807, 2.05) is 45.6 Å². The van der Waals surface area contributed by atoms with Crippen LogP contribution in [0.1, 0.15) is 19.3 Å². The summed E-state index contributed by atoms with van der Waals surface area (Å²) >= 11 is 5.68. The molecule has 1 aromatic carbocycles. The highest BCUT2D eigenvalue weighted by molar-refractivity contribution is 6.18. The van der Waals surface area contributed by atoms with Crippen molar-refractivity contribution in [2.75, 3.05) is 25.5 Å². The molecule has 0 bridgehead atoms. The number of benzene rings is 1. The van der Waals surface area contributed by atoms with Crippen molar-refractivity contribution in [1.29, 1.82) is 0 Å². The number of piperidine rings is 1. The number of imidazole rings is 1. The average molecular weight is 334 g/mol. The molecule has 0 spiro atoms. The maximum absolute atomic E-state index is 12.8. The molecule has 1 aliphatic heterocycles. The van der Waals surface area contributed by atoms with Gasteiger partial charge in [0.15, 0.2) is 0 Å². The molecule has 1 saturated heterocycles. The topological polar surface area (TPSA) is 30.2 Å². The van der Waals surface area contributed by atoms with E-state index in [1.54, 1.807) is 0 Å². The summed E-state index contributed by atoms with van der Waals surface area (Å²) < 4.78 is 3.74. The van der Waals surface area contributed by atoms with E-state index in [2.05, 4.69) is 4.90 Å². The van der Waals surface area contributed by atoms with E-state index < -0.39 is 0 Å². The lowest BCUT2D eigenvalue weighted by Gasteiger charge is -2.26. The van der Waals surface area contributed by atoms with E-state index in [1.165, 1.54) is 19.3 Å². The number of nitrogens with zero attached hydrogens (tertiary/aromatic N) is 3. The highest BCUT2D eigenvalue weighted by Gasteiger charge is 2.14. The molecule has 2 aromatic rings. The zero-order chi connectivity index (χ0) is 16.1. The fraction of sp³-hybridized carbons (Fsp3) is 0.500. The lowest BCUT2D eigenvalue weighted by molar-refractivity contribution is 0.220. The number of likely N-dealkylation sites (tertiary alicyclic amines) is 1. The fourth-order valence-corrected chi connectivity index (χ4v) is 3.46. The van der Waals surface area contributed by atoms with E-state index in [-0.39, 0.29) is 5.69 Å². The third-order valence-electron chi connectivity index (χ3n) is 4.56. The summed E-state index contributed by atoms with van der Waals surface area (Å²) in [7, 11) is 0. The van der Waals surface area contributed by atoms with Crippen LogP contribution < -0.4 is 5.69 Å². The summed E-state index contributed by atoms with van der Waals surface area (Å²) in [6.07, 6.45) is 7.73. The second-order valence-electron chi connectivity index (χ2n) is 6.06. The van der Waals surface area contributed by atoms with Gasteiger partial charge >= 0.3 is 5.69 Å². The second kappa shape index (κ2) is 7.84. The number of para-hydroxylation sites is 2. The molecule has 124 valence electrons. The molecule has 5 heteroatoms. The number of rotatable bonds is 6. The van der Waals surface area contributed by atoms with Gasteiger partial charge in [0.2, 0.25) is 0 Å². The van der Waals surface area contributed by atoms with Gasteiger partial charge in [-0.2, -0.15) is 0 Å². The zero-order valence-electron chi connectivity index (χ0n) is 13.5. The number of fused-ring (bicyclic) bond motifs is 1. The van der Waals surface area contributed by atoms with Crippen LogP contribution in [-0.2, 0) is 13.1 Å². The first-order valence-electron chi connectivity index (χ1n) is 8.42. The molecule has 0 N–H and O–H groups in total. The van der Waals surface area contributed by atoms with Crippen molar-refractivity contribution >= 4 is 22.6 Å². The summed E-state index contributed by atoms with van der Waals surface area (Å²) in [5, 5.41) is 0. The number of hydrogen-bond acceptors (Lipinski definition) is 2. The predicted molar refractivity (Wildman–Crippen MR) is 96.3 cm³/mol. The minimum Gasteiger partial charge on any atom is -0.302 e. The standard InChI is InChI=1S/C18H24ClN3O/c19-10-4-7-13-21-16-8-2-3-9-17(16)22(18(21)23)15-14-20-11-5-1-6-12-20/h2-4,7-9H,1,5-6,10-15H2. The first-order chi connectivity index (χ1) is 11.3. The van der Waals surface area contributed by atoms with Crippen LogP contribution in [-0.4, -0.2) is 39.5 Å². The van der Waals surface area contributed by atoms with E-state index >= 15 is 0 Å². The van der Waals surface area contributed by atoms with Crippen molar-refractivity contribution in [3.8, 4) is 0 Å². The molecule has 0 saturated carbocycles. The maximum Gasteiger partial charge on any atom is 0.329 e. The number of allylic oxidation sites excluding steroid dienone is 2. The van der Waals surface area contributed by atoms with Gasteiger partial charge in [0.25, 0.3) is 0 Å². The minimum atomic E-state index is 0.0717. The van der Waals surface area contributed by atoms with Gasteiger partial charge in [0, 0.05) is 25.5 Å². The van der Waals surface area contributed by atoms with Gasteiger partial charge in [-0.05, 0) is 38.1 Å². The largest absolute Gasteiger partial charge is 0.329 e. The third kappa shape index (κ3) is 3.70. The Balaban J connectivity index is 1.85. The normalized spacial score (nSPS) is 16.6. The molecular weight excluding hydrogens is 310 g/mol. The Kier molecular flexibility index (Phi) is 5.57. The van der Waals surface area contributed by atoms with Gasteiger partial charge in [0.05, 0.1) is 11.0 Å². The Hall–Kier alpha value is -1.52. The molecule has 0 unspecified atom stereocenters. The van der Waals surface area contributed by atoms with Gasteiger partial charge in [0.1, 0.15) is 0 Å². The maximum atomic E-state index is 12.8. The minimum absolute atomic E-state index is 0.0717. The fourth-order valence-electron chi connectivity index (χ4n) is 3.33. The molecule has 3 rings (SSSR count). The molecule has 2 heterocycles. The van der Waals surface area contributed by atoms with Gasteiger partial charge in [-0.3, -0.25) is 9.13 Å². The molecule has 4 nitrogen and oxygen atoms in total. The molecule has 0 atom stereocenters. The zero-order valence-corrected chi connectivity index (χ0v) is 14.2. The molecule has 1 fully saturated rings. The van der Waals surface area contributed by atoms with Crippen molar-refractivity contribution in [1.82, 2.24) is 14.0 Å². The van der Waals surface area contributed by atoms with Crippen LogP contribution in [0.5, 0.6) is 0 Å². The Labute approximate surface area is 142 Å². The quantitative estimate of drug-likeness (QED) is 0.600. The highest BCUT2D eigenvalue weighted by Crippen LogP contribution is 2.14. The molecule has 0 aliphatic carbocycles. The van der Waals surface area contributed by atoms with Gasteiger partial charge < -0.3 is 4.90 Å². The predicted octanol–water partition coefficient (Wildman–Crippen LogP) is 3.08. The van der Waals surface area contributed by atoms with Crippen LogP contribution in [0, 0.1) is 0 Å². The Morgan fingerprint density at radius 2 is 1.65 bits per heavy atom.